The van der Waals surface area contributed by atoms with E-state index in [1.165, 1.54) is 11.0 Å². The molecule has 1 aliphatic heterocycles. The number of thiocarbonyl (C=S) groups is 1. The number of ether oxygens (including phenoxy) is 2. The summed E-state index contributed by atoms with van der Waals surface area (Å²) in [5, 5.41) is 2.95. The molecule has 168 valence electrons. The average Bonchev–Trinajstić information content (AvgIpc) is 2.74. The molecule has 8 heteroatoms. The fourth-order valence-electron chi connectivity index (χ4n) is 3.22. The minimum atomic E-state index is -0.571. The van der Waals surface area contributed by atoms with Gasteiger partial charge in [-0.3, -0.25) is 19.8 Å². The second kappa shape index (κ2) is 10.1. The zero-order chi connectivity index (χ0) is 23.4. The van der Waals surface area contributed by atoms with Gasteiger partial charge in [0.1, 0.15) is 5.57 Å². The van der Waals surface area contributed by atoms with Crippen LogP contribution in [0.1, 0.15) is 38.8 Å². The lowest BCUT2D eigenvalue weighted by atomic mass is 10.1. The van der Waals surface area contributed by atoms with Crippen molar-refractivity contribution in [2.24, 2.45) is 0 Å². The second-order valence-corrected chi connectivity index (χ2v) is 8.20. The molecule has 32 heavy (non-hydrogen) atoms. The largest absolute Gasteiger partial charge is 0.490 e. The Bertz CT molecular complexity index is 1080. The van der Waals surface area contributed by atoms with E-state index >= 15 is 0 Å². The van der Waals surface area contributed by atoms with Gasteiger partial charge in [-0.1, -0.05) is 30.7 Å². The van der Waals surface area contributed by atoms with Crippen LogP contribution in [-0.4, -0.2) is 29.6 Å². The molecule has 0 unspecified atom stereocenters. The van der Waals surface area contributed by atoms with Crippen molar-refractivity contribution < 1.29 is 19.1 Å². The van der Waals surface area contributed by atoms with Gasteiger partial charge in [-0.05, 0) is 80.9 Å². The van der Waals surface area contributed by atoms with E-state index < -0.39 is 11.8 Å². The highest BCUT2D eigenvalue weighted by Gasteiger charge is 2.34. The molecule has 0 spiro atoms. The van der Waals surface area contributed by atoms with Crippen LogP contribution >= 0.6 is 23.8 Å². The third kappa shape index (κ3) is 5.11. The van der Waals surface area contributed by atoms with E-state index in [0.717, 1.165) is 12.0 Å². The van der Waals surface area contributed by atoms with E-state index in [2.05, 4.69) is 5.32 Å². The number of hydrogen-bond donors (Lipinski definition) is 1. The molecule has 1 fully saturated rings. The molecule has 1 heterocycles. The molecule has 2 aromatic carbocycles. The standard InChI is InChI=1S/C24H25ClN2O4S/c1-5-15-7-9-17(10-8-15)27-23(29)18(22(28)26-24(27)32)11-16-12-19(25)21(31-14(3)4)20(13-16)30-6-2/h7-14H,5-6H2,1-4H3,(H,26,28,32)/b18-11+. The zero-order valence-electron chi connectivity index (χ0n) is 18.4. The van der Waals surface area contributed by atoms with Crippen LogP contribution in [0.2, 0.25) is 5.02 Å². The van der Waals surface area contributed by atoms with E-state index in [0.29, 0.717) is 34.4 Å². The van der Waals surface area contributed by atoms with Crippen LogP contribution in [0, 0.1) is 0 Å². The molecular formula is C24H25ClN2O4S. The monoisotopic (exact) mass is 472 g/mol. The van der Waals surface area contributed by atoms with Crippen molar-refractivity contribution in [2.45, 2.75) is 40.2 Å². The van der Waals surface area contributed by atoms with Crippen molar-refractivity contribution in [2.75, 3.05) is 11.5 Å². The van der Waals surface area contributed by atoms with Gasteiger partial charge < -0.3 is 9.47 Å². The van der Waals surface area contributed by atoms with E-state index in [4.69, 9.17) is 33.3 Å². The zero-order valence-corrected chi connectivity index (χ0v) is 20.0. The fraction of sp³-hybridized carbons (Fsp3) is 0.292. The molecular weight excluding hydrogens is 448 g/mol. The Morgan fingerprint density at radius 2 is 1.84 bits per heavy atom. The smallest absolute Gasteiger partial charge is 0.270 e. The number of carbonyl (C=O) groups excluding carboxylic acids is 2. The highest BCUT2D eigenvalue weighted by Crippen LogP contribution is 2.38. The molecule has 0 aromatic heterocycles. The van der Waals surface area contributed by atoms with E-state index in [1.54, 1.807) is 24.3 Å². The fourth-order valence-corrected chi connectivity index (χ4v) is 3.77. The molecule has 1 saturated heterocycles. The van der Waals surface area contributed by atoms with Gasteiger partial charge in [-0.2, -0.15) is 0 Å². The Morgan fingerprint density at radius 3 is 2.44 bits per heavy atom. The lowest BCUT2D eigenvalue weighted by molar-refractivity contribution is -0.122. The lowest BCUT2D eigenvalue weighted by Gasteiger charge is -2.29. The summed E-state index contributed by atoms with van der Waals surface area (Å²) in [6.07, 6.45) is 2.25. The van der Waals surface area contributed by atoms with Crippen molar-refractivity contribution in [3.63, 3.8) is 0 Å². The number of halogens is 1. The van der Waals surface area contributed by atoms with Crippen molar-refractivity contribution in [1.82, 2.24) is 5.32 Å². The minimum absolute atomic E-state index is 0.0371. The van der Waals surface area contributed by atoms with Gasteiger partial charge in [-0.25, -0.2) is 0 Å². The van der Waals surface area contributed by atoms with Crippen LogP contribution in [0.15, 0.2) is 42.0 Å². The first-order valence-corrected chi connectivity index (χ1v) is 11.2. The number of aryl methyl sites for hydroxylation is 1. The summed E-state index contributed by atoms with van der Waals surface area (Å²) in [6, 6.07) is 10.8. The Labute approximate surface area is 198 Å². The van der Waals surface area contributed by atoms with Crippen LogP contribution in [0.4, 0.5) is 5.69 Å². The molecule has 2 amide bonds. The number of nitrogens with one attached hydrogen (secondary N) is 1. The first-order chi connectivity index (χ1) is 15.2. The minimum Gasteiger partial charge on any atom is -0.490 e. The predicted molar refractivity (Wildman–Crippen MR) is 130 cm³/mol. The highest BCUT2D eigenvalue weighted by atomic mass is 35.5. The number of hydrogen-bond acceptors (Lipinski definition) is 5. The third-order valence-corrected chi connectivity index (χ3v) is 5.27. The number of anilines is 1. The van der Waals surface area contributed by atoms with Gasteiger partial charge in [0.2, 0.25) is 0 Å². The summed E-state index contributed by atoms with van der Waals surface area (Å²) in [5.41, 5.74) is 2.18. The molecule has 0 bridgehead atoms. The molecule has 2 aromatic rings. The van der Waals surface area contributed by atoms with Gasteiger partial charge in [0.05, 0.1) is 23.4 Å². The Kier molecular flexibility index (Phi) is 7.53. The summed E-state index contributed by atoms with van der Waals surface area (Å²) in [5.74, 6) is -0.228. The number of amides is 2. The first kappa shape index (κ1) is 23.8. The second-order valence-electron chi connectivity index (χ2n) is 7.41. The third-order valence-electron chi connectivity index (χ3n) is 4.70. The summed E-state index contributed by atoms with van der Waals surface area (Å²) in [4.78, 5) is 27.1. The van der Waals surface area contributed by atoms with Crippen LogP contribution in [0.3, 0.4) is 0 Å². The van der Waals surface area contributed by atoms with Crippen LogP contribution in [0.5, 0.6) is 11.5 Å². The van der Waals surface area contributed by atoms with Gasteiger partial charge >= 0.3 is 0 Å². The normalized spacial score (nSPS) is 15.4. The summed E-state index contributed by atoms with van der Waals surface area (Å²) >= 11 is 11.7. The molecule has 0 atom stereocenters. The van der Waals surface area contributed by atoms with Gasteiger partial charge in [0, 0.05) is 0 Å². The maximum atomic E-state index is 13.2. The van der Waals surface area contributed by atoms with Gasteiger partial charge in [-0.15, -0.1) is 0 Å². The number of nitrogens with zero attached hydrogens (tertiary/aromatic N) is 1. The SMILES string of the molecule is CCOc1cc(/C=C2\C(=O)NC(=S)N(c3ccc(CC)cc3)C2=O)cc(Cl)c1OC(C)C. The van der Waals surface area contributed by atoms with Crippen molar-refractivity contribution in [3.05, 3.63) is 58.1 Å². The number of rotatable bonds is 7. The summed E-state index contributed by atoms with van der Waals surface area (Å²) in [7, 11) is 0. The molecule has 0 radical (unpaired) electrons. The Hall–Kier alpha value is -2.90. The quantitative estimate of drug-likeness (QED) is 0.352. The highest BCUT2D eigenvalue weighted by molar-refractivity contribution is 7.80. The predicted octanol–water partition coefficient (Wildman–Crippen LogP) is 4.92. The molecule has 1 aliphatic rings. The average molecular weight is 473 g/mol. The van der Waals surface area contributed by atoms with Crippen molar-refractivity contribution in [1.29, 1.82) is 0 Å². The first-order valence-electron chi connectivity index (χ1n) is 10.4. The lowest BCUT2D eigenvalue weighted by Crippen LogP contribution is -2.54. The molecule has 6 nitrogen and oxygen atoms in total. The number of carbonyl (C=O) groups is 2. The van der Waals surface area contributed by atoms with Crippen LogP contribution in [0.25, 0.3) is 6.08 Å². The Balaban J connectivity index is 2.01. The molecule has 0 aliphatic carbocycles. The van der Waals surface area contributed by atoms with Crippen molar-refractivity contribution >= 4 is 52.5 Å². The summed E-state index contributed by atoms with van der Waals surface area (Å²) < 4.78 is 11.5. The maximum Gasteiger partial charge on any atom is 0.270 e. The maximum absolute atomic E-state index is 13.2. The van der Waals surface area contributed by atoms with Crippen LogP contribution in [-0.2, 0) is 16.0 Å². The van der Waals surface area contributed by atoms with Crippen LogP contribution < -0.4 is 19.7 Å². The van der Waals surface area contributed by atoms with E-state index in [1.807, 2.05) is 39.8 Å². The molecule has 1 N–H and O–H groups in total. The van der Waals surface area contributed by atoms with Gasteiger partial charge in [0.25, 0.3) is 11.8 Å². The topological polar surface area (TPSA) is 67.9 Å². The van der Waals surface area contributed by atoms with Gasteiger partial charge in [0.15, 0.2) is 16.6 Å². The molecule has 3 rings (SSSR count). The van der Waals surface area contributed by atoms with E-state index in [9.17, 15) is 9.59 Å². The Morgan fingerprint density at radius 1 is 1.16 bits per heavy atom. The summed E-state index contributed by atoms with van der Waals surface area (Å²) in [6.45, 7) is 8.07. The van der Waals surface area contributed by atoms with Crippen molar-refractivity contribution in [3.8, 4) is 11.5 Å². The van der Waals surface area contributed by atoms with E-state index in [-0.39, 0.29) is 16.8 Å². The number of benzene rings is 2. The molecule has 0 saturated carbocycles.